The van der Waals surface area contributed by atoms with Crippen LogP contribution in [0.4, 0.5) is 8.78 Å². The van der Waals surface area contributed by atoms with E-state index in [-0.39, 0.29) is 11.3 Å². The third kappa shape index (κ3) is 4.54. The van der Waals surface area contributed by atoms with Crippen LogP contribution in [0.15, 0.2) is 36.4 Å². The Balaban J connectivity index is 2.32. The zero-order valence-electron chi connectivity index (χ0n) is 13.8. The summed E-state index contributed by atoms with van der Waals surface area (Å²) in [5.41, 5.74) is 0.771. The van der Waals surface area contributed by atoms with Gasteiger partial charge in [-0.3, -0.25) is 9.52 Å². The van der Waals surface area contributed by atoms with E-state index in [4.69, 9.17) is 4.74 Å². The first-order valence-electron chi connectivity index (χ1n) is 7.27. The van der Waals surface area contributed by atoms with Crippen LogP contribution in [-0.2, 0) is 14.8 Å². The Bertz CT molecular complexity index is 913. The van der Waals surface area contributed by atoms with E-state index in [1.165, 1.54) is 38.3 Å². The number of hydrogen-bond donors (Lipinski definition) is 1. The summed E-state index contributed by atoms with van der Waals surface area (Å²) in [6.45, 7) is 1.46. The van der Waals surface area contributed by atoms with Crippen LogP contribution < -0.4 is 9.46 Å². The van der Waals surface area contributed by atoms with Crippen LogP contribution in [0.5, 0.6) is 5.75 Å². The van der Waals surface area contributed by atoms with Gasteiger partial charge in [0, 0.05) is 5.56 Å². The Kier molecular flexibility index (Phi) is 5.42. The molecule has 134 valence electrons. The summed E-state index contributed by atoms with van der Waals surface area (Å²) in [6, 6.07) is 8.09. The van der Waals surface area contributed by atoms with Crippen molar-refractivity contribution in [1.82, 2.24) is 4.72 Å². The minimum absolute atomic E-state index is 0.0480. The quantitative estimate of drug-likeness (QED) is 0.880. The molecule has 0 aliphatic carbocycles. The molecule has 2 aromatic carbocycles. The first kappa shape index (κ1) is 18.9. The van der Waals surface area contributed by atoms with Crippen molar-refractivity contribution in [2.24, 2.45) is 0 Å². The Morgan fingerprint density at radius 3 is 2.32 bits per heavy atom. The molecule has 1 N–H and O–H groups in total. The number of halogens is 2. The van der Waals surface area contributed by atoms with Gasteiger partial charge in [0.05, 0.1) is 19.3 Å². The molecule has 0 aliphatic heterocycles. The summed E-state index contributed by atoms with van der Waals surface area (Å²) in [5, 5.41) is 0. The van der Waals surface area contributed by atoms with E-state index in [9.17, 15) is 22.0 Å². The van der Waals surface area contributed by atoms with Crippen LogP contribution in [0.3, 0.4) is 0 Å². The van der Waals surface area contributed by atoms with Crippen molar-refractivity contribution < 1.29 is 26.7 Å². The predicted octanol–water partition coefficient (Wildman–Crippen LogP) is 2.82. The van der Waals surface area contributed by atoms with Gasteiger partial charge in [0.1, 0.15) is 5.82 Å². The number of methoxy groups -OCH3 is 1. The SMILES string of the molecule is COc1ccc(-c2ccc(C(C)C(=O)NS(C)(=O)=O)cc2F)cc1F. The molecule has 0 fully saturated rings. The van der Waals surface area contributed by atoms with Gasteiger partial charge in [0.2, 0.25) is 15.9 Å². The highest BCUT2D eigenvalue weighted by atomic mass is 32.2. The molecule has 1 atom stereocenters. The minimum atomic E-state index is -3.70. The maximum absolute atomic E-state index is 14.4. The van der Waals surface area contributed by atoms with E-state index in [2.05, 4.69) is 0 Å². The van der Waals surface area contributed by atoms with Crippen molar-refractivity contribution in [3.63, 3.8) is 0 Å². The van der Waals surface area contributed by atoms with Gasteiger partial charge in [-0.05, 0) is 36.2 Å². The van der Waals surface area contributed by atoms with Gasteiger partial charge < -0.3 is 4.74 Å². The fraction of sp³-hybridized carbons (Fsp3) is 0.235. The summed E-state index contributed by atoms with van der Waals surface area (Å²) < 4.78 is 57.1. The molecule has 5 nitrogen and oxygen atoms in total. The highest BCUT2D eigenvalue weighted by Gasteiger charge is 2.20. The van der Waals surface area contributed by atoms with Crippen molar-refractivity contribution >= 4 is 15.9 Å². The highest BCUT2D eigenvalue weighted by Crippen LogP contribution is 2.29. The van der Waals surface area contributed by atoms with E-state index in [1.807, 2.05) is 4.72 Å². The van der Waals surface area contributed by atoms with E-state index < -0.39 is 33.5 Å². The van der Waals surface area contributed by atoms with Gasteiger partial charge in [0.15, 0.2) is 11.6 Å². The second-order valence-electron chi connectivity index (χ2n) is 5.55. The number of ether oxygens (including phenoxy) is 1. The molecule has 0 aliphatic rings. The molecule has 0 aromatic heterocycles. The van der Waals surface area contributed by atoms with E-state index in [0.717, 1.165) is 18.4 Å². The van der Waals surface area contributed by atoms with Crippen LogP contribution in [0.25, 0.3) is 11.1 Å². The number of carbonyl (C=O) groups is 1. The molecule has 8 heteroatoms. The maximum Gasteiger partial charge on any atom is 0.240 e. The summed E-state index contributed by atoms with van der Waals surface area (Å²) in [4.78, 5) is 11.9. The Morgan fingerprint density at radius 2 is 1.80 bits per heavy atom. The third-order valence-corrected chi connectivity index (χ3v) is 4.21. The predicted molar refractivity (Wildman–Crippen MR) is 89.7 cm³/mol. The van der Waals surface area contributed by atoms with Gasteiger partial charge in [-0.25, -0.2) is 17.2 Å². The number of hydrogen-bond acceptors (Lipinski definition) is 4. The zero-order valence-corrected chi connectivity index (χ0v) is 14.7. The lowest BCUT2D eigenvalue weighted by molar-refractivity contribution is -0.120. The van der Waals surface area contributed by atoms with Crippen LogP contribution in [0.1, 0.15) is 18.4 Å². The zero-order chi connectivity index (χ0) is 18.8. The Morgan fingerprint density at radius 1 is 1.12 bits per heavy atom. The van der Waals surface area contributed by atoms with Crippen molar-refractivity contribution in [1.29, 1.82) is 0 Å². The average molecular weight is 369 g/mol. The second kappa shape index (κ2) is 7.18. The second-order valence-corrected chi connectivity index (χ2v) is 7.30. The molecule has 0 radical (unpaired) electrons. The number of rotatable bonds is 5. The van der Waals surface area contributed by atoms with E-state index in [0.29, 0.717) is 11.1 Å². The van der Waals surface area contributed by atoms with E-state index in [1.54, 1.807) is 0 Å². The maximum atomic E-state index is 14.4. The molecule has 0 saturated carbocycles. The van der Waals surface area contributed by atoms with Gasteiger partial charge in [-0.15, -0.1) is 0 Å². The van der Waals surface area contributed by atoms with Gasteiger partial charge >= 0.3 is 0 Å². The molecule has 0 heterocycles. The van der Waals surface area contributed by atoms with Crippen LogP contribution in [0, 0.1) is 11.6 Å². The van der Waals surface area contributed by atoms with Gasteiger partial charge in [-0.2, -0.15) is 0 Å². The molecular weight excluding hydrogens is 352 g/mol. The molecule has 0 bridgehead atoms. The monoisotopic (exact) mass is 369 g/mol. The lowest BCUT2D eigenvalue weighted by Crippen LogP contribution is -2.32. The molecule has 0 saturated heterocycles. The number of carbonyl (C=O) groups excluding carboxylic acids is 1. The van der Waals surface area contributed by atoms with Gasteiger partial charge in [0.25, 0.3) is 0 Å². The standard InChI is InChI=1S/C17H17F2NO4S/c1-10(17(21)20-25(3,22)23)11-4-6-13(14(18)8-11)12-5-7-16(24-2)15(19)9-12/h4-10H,1-3H3,(H,20,21). The Labute approximate surface area is 144 Å². The number of sulfonamides is 1. The van der Waals surface area contributed by atoms with Crippen molar-refractivity contribution in [2.75, 3.05) is 13.4 Å². The normalized spacial score (nSPS) is 12.5. The van der Waals surface area contributed by atoms with Crippen LogP contribution in [0.2, 0.25) is 0 Å². The van der Waals surface area contributed by atoms with Crippen molar-refractivity contribution in [3.8, 4) is 16.9 Å². The third-order valence-electron chi connectivity index (χ3n) is 3.64. The molecule has 1 amide bonds. The summed E-state index contributed by atoms with van der Waals surface area (Å²) in [7, 11) is -2.37. The molecule has 2 aromatic rings. The summed E-state index contributed by atoms with van der Waals surface area (Å²) in [5.74, 6) is -2.85. The number of nitrogens with one attached hydrogen (secondary N) is 1. The summed E-state index contributed by atoms with van der Waals surface area (Å²) in [6.07, 6.45) is 0.861. The lowest BCUT2D eigenvalue weighted by atomic mass is 9.96. The molecule has 1 unspecified atom stereocenters. The van der Waals surface area contributed by atoms with Crippen molar-refractivity contribution in [3.05, 3.63) is 53.6 Å². The van der Waals surface area contributed by atoms with E-state index >= 15 is 0 Å². The average Bonchev–Trinajstić information content (AvgIpc) is 2.52. The molecule has 0 spiro atoms. The largest absolute Gasteiger partial charge is 0.494 e. The van der Waals surface area contributed by atoms with Crippen molar-refractivity contribution in [2.45, 2.75) is 12.8 Å². The first-order valence-corrected chi connectivity index (χ1v) is 9.16. The molecule has 2 rings (SSSR count). The summed E-state index contributed by atoms with van der Waals surface area (Å²) >= 11 is 0. The van der Waals surface area contributed by atoms with Gasteiger partial charge in [-0.1, -0.05) is 18.2 Å². The van der Waals surface area contributed by atoms with Crippen LogP contribution in [-0.4, -0.2) is 27.7 Å². The highest BCUT2D eigenvalue weighted by molar-refractivity contribution is 7.89. The minimum Gasteiger partial charge on any atom is -0.494 e. The fourth-order valence-electron chi connectivity index (χ4n) is 2.29. The van der Waals surface area contributed by atoms with Crippen LogP contribution >= 0.6 is 0 Å². The molecular formula is C17H17F2NO4S. The lowest BCUT2D eigenvalue weighted by Gasteiger charge is -2.13. The first-order chi connectivity index (χ1) is 11.6. The fourth-order valence-corrected chi connectivity index (χ4v) is 2.83. The number of benzene rings is 2. The molecule has 25 heavy (non-hydrogen) atoms. The smallest absolute Gasteiger partial charge is 0.240 e. The Hall–Kier alpha value is -2.48. The number of amides is 1. The topological polar surface area (TPSA) is 72.5 Å².